The van der Waals surface area contributed by atoms with Crippen LogP contribution in [0.4, 0.5) is 0 Å². The fourth-order valence-corrected chi connectivity index (χ4v) is 3.26. The summed E-state index contributed by atoms with van der Waals surface area (Å²) in [7, 11) is 0. The molecule has 2 heterocycles. The van der Waals surface area contributed by atoms with Gasteiger partial charge in [0.05, 0.1) is 0 Å². The van der Waals surface area contributed by atoms with Crippen molar-refractivity contribution in [3.8, 4) is 6.07 Å². The summed E-state index contributed by atoms with van der Waals surface area (Å²) >= 11 is 0. The van der Waals surface area contributed by atoms with Crippen LogP contribution in [0.25, 0.3) is 0 Å². The Balaban J connectivity index is 2.11. The van der Waals surface area contributed by atoms with Crippen molar-refractivity contribution in [3.05, 3.63) is 32.1 Å². The first kappa shape index (κ1) is 19.0. The summed E-state index contributed by atoms with van der Waals surface area (Å²) in [5.41, 5.74) is -0.687. The van der Waals surface area contributed by atoms with Gasteiger partial charge in [-0.15, -0.1) is 0 Å². The quantitative estimate of drug-likeness (QED) is 0.801. The lowest BCUT2D eigenvalue weighted by Gasteiger charge is -2.16. The summed E-state index contributed by atoms with van der Waals surface area (Å²) in [5, 5.41) is 12.1. The summed E-state index contributed by atoms with van der Waals surface area (Å²) in [6.07, 6.45) is 4.24. The molecule has 1 aromatic heterocycles. The standard InChI is InChI=1S/C18H26N4O3/c1-12(2)6-4-7-13(3)20-16(23)11-22-17(24)14(10-19)15-8-5-9-21(15)18(22)25/h12-13H,4-9,11H2,1-3H3,(H,20,23)/t13-/m0/s1. The van der Waals surface area contributed by atoms with Crippen molar-refractivity contribution in [2.75, 3.05) is 0 Å². The summed E-state index contributed by atoms with van der Waals surface area (Å²) in [6.45, 7) is 6.36. The van der Waals surface area contributed by atoms with Gasteiger partial charge in [-0.3, -0.25) is 14.2 Å². The molecular weight excluding hydrogens is 320 g/mol. The molecule has 7 nitrogen and oxygen atoms in total. The number of amides is 1. The Hall–Kier alpha value is -2.36. The van der Waals surface area contributed by atoms with Gasteiger partial charge in [0.1, 0.15) is 18.2 Å². The molecule has 0 unspecified atom stereocenters. The van der Waals surface area contributed by atoms with E-state index >= 15 is 0 Å². The Morgan fingerprint density at radius 3 is 2.64 bits per heavy atom. The highest BCUT2D eigenvalue weighted by Crippen LogP contribution is 2.13. The second kappa shape index (κ2) is 8.15. The van der Waals surface area contributed by atoms with Crippen LogP contribution in [-0.4, -0.2) is 21.1 Å². The van der Waals surface area contributed by atoms with E-state index < -0.39 is 11.2 Å². The molecule has 1 N–H and O–H groups in total. The summed E-state index contributed by atoms with van der Waals surface area (Å²) in [4.78, 5) is 37.1. The zero-order valence-corrected chi connectivity index (χ0v) is 15.2. The van der Waals surface area contributed by atoms with E-state index in [2.05, 4.69) is 19.2 Å². The Kier molecular flexibility index (Phi) is 6.18. The first-order valence-corrected chi connectivity index (χ1v) is 8.91. The summed E-state index contributed by atoms with van der Waals surface area (Å²) in [6, 6.07) is 1.87. The van der Waals surface area contributed by atoms with Gasteiger partial charge in [-0.1, -0.05) is 26.7 Å². The lowest BCUT2D eigenvalue weighted by molar-refractivity contribution is -0.122. The van der Waals surface area contributed by atoms with Crippen LogP contribution in [0.3, 0.4) is 0 Å². The second-order valence-corrected chi connectivity index (χ2v) is 7.16. The molecule has 0 aromatic carbocycles. The average molecular weight is 346 g/mol. The van der Waals surface area contributed by atoms with E-state index in [9.17, 15) is 19.6 Å². The van der Waals surface area contributed by atoms with Crippen molar-refractivity contribution < 1.29 is 4.79 Å². The number of hydrogen-bond donors (Lipinski definition) is 1. The largest absolute Gasteiger partial charge is 0.352 e. The molecule has 0 saturated heterocycles. The van der Waals surface area contributed by atoms with E-state index in [1.165, 1.54) is 4.57 Å². The molecule has 0 bridgehead atoms. The molecule has 25 heavy (non-hydrogen) atoms. The number of rotatable bonds is 7. The highest BCUT2D eigenvalue weighted by atomic mass is 16.2. The van der Waals surface area contributed by atoms with E-state index in [4.69, 9.17) is 0 Å². The maximum atomic E-state index is 12.5. The molecule has 0 aliphatic carbocycles. The lowest BCUT2D eigenvalue weighted by Crippen LogP contribution is -2.46. The molecule has 0 spiro atoms. The van der Waals surface area contributed by atoms with Crippen LogP contribution in [0.5, 0.6) is 0 Å². The fraction of sp³-hybridized carbons (Fsp3) is 0.667. The van der Waals surface area contributed by atoms with Crippen molar-refractivity contribution in [3.63, 3.8) is 0 Å². The average Bonchev–Trinajstić information content (AvgIpc) is 3.01. The van der Waals surface area contributed by atoms with Crippen molar-refractivity contribution in [2.45, 2.75) is 72.0 Å². The zero-order valence-electron chi connectivity index (χ0n) is 15.2. The zero-order chi connectivity index (χ0) is 18.6. The maximum absolute atomic E-state index is 12.5. The van der Waals surface area contributed by atoms with Crippen LogP contribution in [0.2, 0.25) is 0 Å². The van der Waals surface area contributed by atoms with E-state index in [-0.39, 0.29) is 24.1 Å². The number of nitrogens with one attached hydrogen (secondary N) is 1. The molecule has 1 aromatic rings. The van der Waals surface area contributed by atoms with Gasteiger partial charge in [-0.2, -0.15) is 5.26 Å². The molecule has 1 aliphatic rings. The van der Waals surface area contributed by atoms with Gasteiger partial charge < -0.3 is 5.32 Å². The van der Waals surface area contributed by atoms with Crippen LogP contribution in [0, 0.1) is 17.2 Å². The molecule has 1 aliphatic heterocycles. The van der Waals surface area contributed by atoms with Crippen molar-refractivity contribution >= 4 is 5.91 Å². The first-order valence-electron chi connectivity index (χ1n) is 8.91. The van der Waals surface area contributed by atoms with Gasteiger partial charge in [-0.25, -0.2) is 9.36 Å². The van der Waals surface area contributed by atoms with E-state index in [1.54, 1.807) is 0 Å². The van der Waals surface area contributed by atoms with E-state index in [1.807, 2.05) is 13.0 Å². The second-order valence-electron chi connectivity index (χ2n) is 7.16. The Morgan fingerprint density at radius 1 is 1.28 bits per heavy atom. The van der Waals surface area contributed by atoms with Gasteiger partial charge in [0.15, 0.2) is 0 Å². The molecule has 7 heteroatoms. The van der Waals surface area contributed by atoms with E-state index in [0.29, 0.717) is 24.6 Å². The minimum absolute atomic E-state index is 0.0186. The molecule has 0 radical (unpaired) electrons. The lowest BCUT2D eigenvalue weighted by atomic mass is 10.0. The third kappa shape index (κ3) is 4.38. The van der Waals surface area contributed by atoms with E-state index in [0.717, 1.165) is 30.3 Å². The smallest absolute Gasteiger partial charge is 0.331 e. The Morgan fingerprint density at radius 2 is 2.00 bits per heavy atom. The predicted molar refractivity (Wildman–Crippen MR) is 94.3 cm³/mol. The van der Waals surface area contributed by atoms with Crippen LogP contribution in [0.1, 0.15) is 57.7 Å². The van der Waals surface area contributed by atoms with Gasteiger partial charge in [0.2, 0.25) is 5.91 Å². The Bertz CT molecular complexity index is 798. The molecule has 2 rings (SSSR count). The number of nitriles is 1. The van der Waals surface area contributed by atoms with Crippen molar-refractivity contribution in [2.24, 2.45) is 5.92 Å². The fourth-order valence-electron chi connectivity index (χ4n) is 3.26. The van der Waals surface area contributed by atoms with Gasteiger partial charge in [-0.05, 0) is 32.1 Å². The topological polar surface area (TPSA) is 96.9 Å². The highest BCUT2D eigenvalue weighted by molar-refractivity contribution is 5.76. The minimum Gasteiger partial charge on any atom is -0.352 e. The number of nitrogens with zero attached hydrogens (tertiary/aromatic N) is 3. The number of aromatic nitrogens is 2. The normalized spacial score (nSPS) is 14.2. The van der Waals surface area contributed by atoms with Crippen LogP contribution < -0.4 is 16.6 Å². The van der Waals surface area contributed by atoms with Crippen LogP contribution >= 0.6 is 0 Å². The SMILES string of the molecule is CC(C)CCC[C@H](C)NC(=O)Cn1c(=O)c(C#N)c2n(c1=O)CCC2. The predicted octanol–water partition coefficient (Wildman–Crippen LogP) is 1.16. The summed E-state index contributed by atoms with van der Waals surface area (Å²) in [5.74, 6) is 0.246. The van der Waals surface area contributed by atoms with Crippen molar-refractivity contribution in [1.82, 2.24) is 14.5 Å². The van der Waals surface area contributed by atoms with Gasteiger partial charge in [0, 0.05) is 18.3 Å². The third-order valence-electron chi connectivity index (χ3n) is 4.57. The monoisotopic (exact) mass is 346 g/mol. The molecule has 0 fully saturated rings. The number of hydrogen-bond acceptors (Lipinski definition) is 4. The number of carbonyl (C=O) groups is 1. The highest BCUT2D eigenvalue weighted by Gasteiger charge is 2.23. The summed E-state index contributed by atoms with van der Waals surface area (Å²) < 4.78 is 2.32. The molecule has 1 amide bonds. The van der Waals surface area contributed by atoms with Crippen LogP contribution in [-0.2, 0) is 24.3 Å². The Labute approximate surface area is 147 Å². The molecule has 136 valence electrons. The molecule has 1 atom stereocenters. The maximum Gasteiger partial charge on any atom is 0.331 e. The van der Waals surface area contributed by atoms with Gasteiger partial charge >= 0.3 is 5.69 Å². The third-order valence-corrected chi connectivity index (χ3v) is 4.57. The minimum atomic E-state index is -0.664. The van der Waals surface area contributed by atoms with Crippen LogP contribution in [0.15, 0.2) is 9.59 Å². The first-order chi connectivity index (χ1) is 11.8. The van der Waals surface area contributed by atoms with Gasteiger partial charge in [0.25, 0.3) is 5.56 Å². The molecule has 0 saturated carbocycles. The number of fused-ring (bicyclic) bond motifs is 1. The van der Waals surface area contributed by atoms with Crippen molar-refractivity contribution in [1.29, 1.82) is 5.26 Å². The molecular formula is C18H26N4O3. The number of carbonyl (C=O) groups excluding carboxylic acids is 1.